The van der Waals surface area contributed by atoms with E-state index in [0.29, 0.717) is 17.1 Å². The molecule has 29 heavy (non-hydrogen) atoms. The van der Waals surface area contributed by atoms with Crippen molar-refractivity contribution in [2.75, 3.05) is 11.9 Å². The van der Waals surface area contributed by atoms with Crippen LogP contribution in [-0.2, 0) is 0 Å². The maximum atomic E-state index is 9.43. The van der Waals surface area contributed by atoms with Crippen LogP contribution in [0.5, 0.6) is 0 Å². The van der Waals surface area contributed by atoms with Crippen LogP contribution >= 0.6 is 0 Å². The Morgan fingerprint density at radius 1 is 0.862 bits per heavy atom. The molecular weight excluding hydrogens is 356 g/mol. The normalized spacial score (nSPS) is 14.9. The zero-order valence-electron chi connectivity index (χ0n) is 16.7. The summed E-state index contributed by atoms with van der Waals surface area (Å²) in [6.07, 6.45) is 6.71. The van der Waals surface area contributed by atoms with E-state index in [4.69, 9.17) is 4.42 Å². The summed E-state index contributed by atoms with van der Waals surface area (Å²) in [7, 11) is 2.07. The van der Waals surface area contributed by atoms with Crippen molar-refractivity contribution in [3.8, 4) is 6.07 Å². The van der Waals surface area contributed by atoms with Gasteiger partial charge in [-0.3, -0.25) is 0 Å². The number of nitriles is 1. The minimum Gasteiger partial charge on any atom is -0.452 e. The molecule has 4 aromatic rings. The van der Waals surface area contributed by atoms with Crippen molar-refractivity contribution in [2.45, 2.75) is 38.0 Å². The van der Waals surface area contributed by atoms with Crippen molar-refractivity contribution >= 4 is 33.3 Å². The summed E-state index contributed by atoms with van der Waals surface area (Å²) in [4.78, 5) is 2.17. The molecule has 3 nitrogen and oxygen atoms in total. The lowest BCUT2D eigenvalue weighted by Crippen LogP contribution is -2.10. The van der Waals surface area contributed by atoms with Gasteiger partial charge in [-0.15, -0.1) is 0 Å². The minimum absolute atomic E-state index is 0.573. The van der Waals surface area contributed by atoms with Crippen molar-refractivity contribution < 1.29 is 4.42 Å². The molecule has 3 heteroatoms. The monoisotopic (exact) mass is 380 g/mol. The third-order valence-corrected chi connectivity index (χ3v) is 6.34. The zero-order chi connectivity index (χ0) is 19.8. The number of rotatable bonds is 3. The van der Waals surface area contributed by atoms with E-state index in [1.807, 2.05) is 12.1 Å². The molecule has 1 heterocycles. The van der Waals surface area contributed by atoms with E-state index in [-0.39, 0.29) is 0 Å². The second-order valence-corrected chi connectivity index (χ2v) is 8.04. The predicted octanol–water partition coefficient (Wildman–Crippen LogP) is 7.27. The van der Waals surface area contributed by atoms with Crippen LogP contribution in [-0.4, -0.2) is 7.05 Å². The van der Waals surface area contributed by atoms with Crippen molar-refractivity contribution in [3.05, 3.63) is 71.8 Å². The fraction of sp³-hybridized carbons (Fsp3) is 0.269. The molecule has 0 N–H and O–H groups in total. The molecule has 0 spiro atoms. The van der Waals surface area contributed by atoms with Crippen molar-refractivity contribution in [1.29, 1.82) is 5.26 Å². The number of anilines is 2. The molecule has 1 aliphatic rings. The summed E-state index contributed by atoms with van der Waals surface area (Å²) in [5, 5.41) is 11.5. The topological polar surface area (TPSA) is 40.2 Å². The van der Waals surface area contributed by atoms with Gasteiger partial charge in [0.15, 0.2) is 11.2 Å². The van der Waals surface area contributed by atoms with Crippen molar-refractivity contribution in [3.63, 3.8) is 0 Å². The average molecular weight is 380 g/mol. The van der Waals surface area contributed by atoms with Crippen LogP contribution in [0.3, 0.4) is 0 Å². The summed E-state index contributed by atoms with van der Waals surface area (Å²) in [6, 6.07) is 23.2. The van der Waals surface area contributed by atoms with Gasteiger partial charge in [-0.1, -0.05) is 55.7 Å². The van der Waals surface area contributed by atoms with Gasteiger partial charge >= 0.3 is 0 Å². The Kier molecular flexibility index (Phi) is 4.48. The zero-order valence-corrected chi connectivity index (χ0v) is 16.7. The Morgan fingerprint density at radius 2 is 1.55 bits per heavy atom. The van der Waals surface area contributed by atoms with Crippen LogP contribution in [0.25, 0.3) is 21.9 Å². The number of para-hydroxylation sites is 2. The van der Waals surface area contributed by atoms with Gasteiger partial charge < -0.3 is 9.32 Å². The molecule has 0 saturated heterocycles. The van der Waals surface area contributed by atoms with E-state index in [2.05, 4.69) is 60.5 Å². The lowest BCUT2D eigenvalue weighted by Gasteiger charge is -2.24. The fourth-order valence-electron chi connectivity index (χ4n) is 4.70. The molecule has 0 radical (unpaired) electrons. The first-order valence-corrected chi connectivity index (χ1v) is 10.4. The van der Waals surface area contributed by atoms with Gasteiger partial charge in [0, 0.05) is 23.5 Å². The van der Waals surface area contributed by atoms with Crippen molar-refractivity contribution in [1.82, 2.24) is 0 Å². The summed E-state index contributed by atoms with van der Waals surface area (Å²) < 4.78 is 6.20. The van der Waals surface area contributed by atoms with E-state index in [9.17, 15) is 5.26 Å². The van der Waals surface area contributed by atoms with Gasteiger partial charge in [0.1, 0.15) is 6.07 Å². The standard InChI is InChI=1S/C26H24N2O/c1-28(21-15-13-19(14-16-21)18-7-3-2-4-8-18)24-12-6-11-23-22-10-5-9-20(17-27)25(22)29-26(23)24/h5-6,9-16,18H,2-4,7-8H2,1H3. The Morgan fingerprint density at radius 3 is 2.28 bits per heavy atom. The lowest BCUT2D eigenvalue weighted by atomic mass is 9.84. The Balaban J connectivity index is 1.54. The van der Waals surface area contributed by atoms with Gasteiger partial charge in [-0.2, -0.15) is 5.26 Å². The van der Waals surface area contributed by atoms with E-state index in [1.165, 1.54) is 37.7 Å². The fourth-order valence-corrected chi connectivity index (χ4v) is 4.70. The first kappa shape index (κ1) is 17.8. The molecule has 0 atom stereocenters. The van der Waals surface area contributed by atoms with E-state index >= 15 is 0 Å². The Bertz CT molecular complexity index is 1210. The summed E-state index contributed by atoms with van der Waals surface area (Å²) >= 11 is 0. The predicted molar refractivity (Wildman–Crippen MR) is 119 cm³/mol. The third-order valence-electron chi connectivity index (χ3n) is 6.34. The number of benzene rings is 3. The van der Waals surface area contributed by atoms with Crippen LogP contribution in [0.1, 0.15) is 49.1 Å². The number of nitrogens with zero attached hydrogens (tertiary/aromatic N) is 2. The first-order chi connectivity index (χ1) is 14.3. The largest absolute Gasteiger partial charge is 0.452 e. The summed E-state index contributed by atoms with van der Waals surface area (Å²) in [5.41, 5.74) is 5.67. The number of hydrogen-bond acceptors (Lipinski definition) is 3. The number of fused-ring (bicyclic) bond motifs is 3. The van der Waals surface area contributed by atoms with Gasteiger partial charge in [0.2, 0.25) is 0 Å². The second-order valence-electron chi connectivity index (χ2n) is 8.04. The van der Waals surface area contributed by atoms with E-state index in [1.54, 1.807) is 6.07 Å². The molecule has 0 bridgehead atoms. The Labute approximate surface area is 171 Å². The molecule has 1 aliphatic carbocycles. The highest BCUT2D eigenvalue weighted by atomic mass is 16.3. The van der Waals surface area contributed by atoms with E-state index in [0.717, 1.165) is 27.7 Å². The van der Waals surface area contributed by atoms with Crippen LogP contribution in [0.4, 0.5) is 11.4 Å². The lowest BCUT2D eigenvalue weighted by molar-refractivity contribution is 0.443. The Hall–Kier alpha value is -3.25. The number of hydrogen-bond donors (Lipinski definition) is 0. The highest BCUT2D eigenvalue weighted by Crippen LogP contribution is 2.39. The maximum Gasteiger partial charge on any atom is 0.159 e. The molecule has 0 aliphatic heterocycles. The maximum absolute atomic E-state index is 9.43. The van der Waals surface area contributed by atoms with Crippen LogP contribution < -0.4 is 4.90 Å². The third kappa shape index (κ3) is 3.06. The summed E-state index contributed by atoms with van der Waals surface area (Å²) in [5.74, 6) is 0.714. The molecule has 1 aromatic heterocycles. The molecule has 0 amide bonds. The molecular formula is C26H24N2O. The highest BCUT2D eigenvalue weighted by Gasteiger charge is 2.18. The van der Waals surface area contributed by atoms with Gasteiger partial charge in [0.25, 0.3) is 0 Å². The van der Waals surface area contributed by atoms with Gasteiger partial charge in [-0.25, -0.2) is 0 Å². The SMILES string of the molecule is CN(c1ccc(C2CCCCC2)cc1)c1cccc2c1oc1c(C#N)cccc12. The molecule has 0 unspecified atom stereocenters. The van der Waals surface area contributed by atoms with Crippen LogP contribution in [0.2, 0.25) is 0 Å². The molecule has 1 fully saturated rings. The number of furan rings is 1. The molecule has 5 rings (SSSR count). The summed E-state index contributed by atoms with van der Waals surface area (Å²) in [6.45, 7) is 0. The molecule has 144 valence electrons. The van der Waals surface area contributed by atoms with Crippen LogP contribution in [0, 0.1) is 11.3 Å². The second kappa shape index (κ2) is 7.29. The first-order valence-electron chi connectivity index (χ1n) is 10.4. The highest BCUT2D eigenvalue weighted by molar-refractivity contribution is 6.10. The average Bonchev–Trinajstić information content (AvgIpc) is 3.18. The molecule has 3 aromatic carbocycles. The minimum atomic E-state index is 0.573. The smallest absolute Gasteiger partial charge is 0.159 e. The van der Waals surface area contributed by atoms with Gasteiger partial charge in [0.05, 0.1) is 11.3 Å². The van der Waals surface area contributed by atoms with Crippen molar-refractivity contribution in [2.24, 2.45) is 0 Å². The van der Waals surface area contributed by atoms with Gasteiger partial charge in [-0.05, 0) is 48.6 Å². The quantitative estimate of drug-likeness (QED) is 0.375. The van der Waals surface area contributed by atoms with Crippen LogP contribution in [0.15, 0.2) is 65.1 Å². The molecule has 1 saturated carbocycles. The van der Waals surface area contributed by atoms with E-state index < -0.39 is 0 Å².